The van der Waals surface area contributed by atoms with Gasteiger partial charge in [-0.3, -0.25) is 4.79 Å². The van der Waals surface area contributed by atoms with Crippen LogP contribution in [0.4, 0.5) is 0 Å². The molecule has 1 atom stereocenters. The predicted molar refractivity (Wildman–Crippen MR) is 88.9 cm³/mol. The summed E-state index contributed by atoms with van der Waals surface area (Å²) in [5.41, 5.74) is 6.81. The number of rotatable bonds is 9. The second-order valence-electron chi connectivity index (χ2n) is 5.94. The number of hydrogen-bond acceptors (Lipinski definition) is 4. The molecule has 124 valence electrons. The summed E-state index contributed by atoms with van der Waals surface area (Å²) in [6.07, 6.45) is 1.65. The van der Waals surface area contributed by atoms with Gasteiger partial charge in [0.15, 0.2) is 0 Å². The van der Waals surface area contributed by atoms with E-state index in [2.05, 4.69) is 19.2 Å². The molecule has 1 amide bonds. The zero-order valence-corrected chi connectivity index (χ0v) is 13.6. The first-order chi connectivity index (χ1) is 11.1. The fourth-order valence-electron chi connectivity index (χ4n) is 2.23. The van der Waals surface area contributed by atoms with E-state index in [-0.39, 0.29) is 6.04 Å². The van der Waals surface area contributed by atoms with Crippen molar-refractivity contribution < 1.29 is 13.9 Å². The van der Waals surface area contributed by atoms with Crippen LogP contribution < -0.4 is 11.1 Å². The molecule has 0 aliphatic heterocycles. The smallest absolute Gasteiger partial charge is 0.248 e. The molecule has 0 bridgehead atoms. The third-order valence-corrected chi connectivity index (χ3v) is 3.39. The van der Waals surface area contributed by atoms with Crippen LogP contribution in [0.5, 0.6) is 0 Å². The first-order valence-corrected chi connectivity index (χ1v) is 7.79. The van der Waals surface area contributed by atoms with Crippen LogP contribution in [-0.2, 0) is 11.3 Å². The highest BCUT2D eigenvalue weighted by atomic mass is 16.5. The minimum Gasteiger partial charge on any atom is -0.468 e. The summed E-state index contributed by atoms with van der Waals surface area (Å²) in [4.78, 5) is 11.3. The van der Waals surface area contributed by atoms with Gasteiger partial charge >= 0.3 is 0 Å². The summed E-state index contributed by atoms with van der Waals surface area (Å²) in [7, 11) is 0. The molecule has 3 N–H and O–H groups in total. The lowest BCUT2D eigenvalue weighted by Crippen LogP contribution is -2.26. The predicted octanol–water partition coefficient (Wildman–Crippen LogP) is 2.88. The van der Waals surface area contributed by atoms with Crippen LogP contribution >= 0.6 is 0 Å². The number of primary amides is 1. The number of ether oxygens (including phenoxy) is 1. The van der Waals surface area contributed by atoms with Gasteiger partial charge in [-0.25, -0.2) is 0 Å². The summed E-state index contributed by atoms with van der Waals surface area (Å²) < 4.78 is 11.2. The Hall–Kier alpha value is -2.11. The first-order valence-electron chi connectivity index (χ1n) is 7.79. The van der Waals surface area contributed by atoms with Crippen molar-refractivity contribution in [3.05, 3.63) is 59.5 Å². The topological polar surface area (TPSA) is 77.5 Å². The Kier molecular flexibility index (Phi) is 6.38. The summed E-state index contributed by atoms with van der Waals surface area (Å²) >= 11 is 0. The molecule has 2 aromatic rings. The highest BCUT2D eigenvalue weighted by Gasteiger charge is 2.14. The number of amides is 1. The molecule has 1 unspecified atom stereocenters. The third-order valence-electron chi connectivity index (χ3n) is 3.39. The lowest BCUT2D eigenvalue weighted by molar-refractivity contribution is 0.0844. The molecule has 5 heteroatoms. The molecule has 1 heterocycles. The van der Waals surface area contributed by atoms with Gasteiger partial charge in [0.05, 0.1) is 18.9 Å². The van der Waals surface area contributed by atoms with Crippen LogP contribution in [0.25, 0.3) is 0 Å². The van der Waals surface area contributed by atoms with Crippen molar-refractivity contribution in [3.63, 3.8) is 0 Å². The van der Waals surface area contributed by atoms with E-state index in [1.807, 2.05) is 24.3 Å². The monoisotopic (exact) mass is 316 g/mol. The maximum atomic E-state index is 11.3. The first kappa shape index (κ1) is 17.2. The van der Waals surface area contributed by atoms with E-state index in [0.717, 1.165) is 11.3 Å². The van der Waals surface area contributed by atoms with E-state index in [1.54, 1.807) is 18.4 Å². The number of benzene rings is 1. The number of nitrogens with one attached hydrogen (secondary N) is 1. The number of carbonyl (C=O) groups excluding carboxylic acids is 1. The van der Waals surface area contributed by atoms with Gasteiger partial charge in [-0.15, -0.1) is 0 Å². The minimum atomic E-state index is -0.422. The molecule has 1 aromatic heterocycles. The van der Waals surface area contributed by atoms with Gasteiger partial charge in [0.25, 0.3) is 0 Å². The zero-order chi connectivity index (χ0) is 16.7. The summed E-state index contributed by atoms with van der Waals surface area (Å²) in [6, 6.07) is 11.0. The van der Waals surface area contributed by atoms with Gasteiger partial charge in [0, 0.05) is 18.7 Å². The second-order valence-corrected chi connectivity index (χ2v) is 5.94. The van der Waals surface area contributed by atoms with Crippen molar-refractivity contribution in [1.29, 1.82) is 0 Å². The highest BCUT2D eigenvalue weighted by Crippen LogP contribution is 2.16. The van der Waals surface area contributed by atoms with Gasteiger partial charge in [0.2, 0.25) is 5.91 Å². The molecule has 23 heavy (non-hydrogen) atoms. The largest absolute Gasteiger partial charge is 0.468 e. The normalized spacial score (nSPS) is 12.5. The quantitative estimate of drug-likeness (QED) is 0.745. The zero-order valence-electron chi connectivity index (χ0n) is 13.6. The Morgan fingerprint density at radius 1 is 1.26 bits per heavy atom. The molecule has 2 rings (SSSR count). The van der Waals surface area contributed by atoms with Gasteiger partial charge in [-0.05, 0) is 35.7 Å². The average molecular weight is 316 g/mol. The van der Waals surface area contributed by atoms with Crippen LogP contribution in [0.3, 0.4) is 0 Å². The van der Waals surface area contributed by atoms with Crippen molar-refractivity contribution >= 4 is 5.91 Å². The van der Waals surface area contributed by atoms with Crippen molar-refractivity contribution in [1.82, 2.24) is 5.32 Å². The lowest BCUT2D eigenvalue weighted by Gasteiger charge is -2.18. The van der Waals surface area contributed by atoms with E-state index in [1.165, 1.54) is 0 Å². The average Bonchev–Trinajstić information content (AvgIpc) is 3.04. The van der Waals surface area contributed by atoms with Crippen molar-refractivity contribution in [2.24, 2.45) is 11.7 Å². The minimum absolute atomic E-state index is 0.0408. The Morgan fingerprint density at radius 2 is 2.09 bits per heavy atom. The molecule has 0 aliphatic carbocycles. The number of carbonyl (C=O) groups is 1. The fraction of sp³-hybridized carbons (Fsp3) is 0.389. The highest BCUT2D eigenvalue weighted by molar-refractivity contribution is 5.92. The maximum Gasteiger partial charge on any atom is 0.248 e. The SMILES string of the molecule is CC(C)COCC(NCc1cccc(C(N)=O)c1)c1ccco1. The van der Waals surface area contributed by atoms with E-state index >= 15 is 0 Å². The van der Waals surface area contributed by atoms with E-state index in [9.17, 15) is 4.79 Å². The Bertz CT molecular complexity index is 608. The Morgan fingerprint density at radius 3 is 2.74 bits per heavy atom. The van der Waals surface area contributed by atoms with Gasteiger partial charge in [0.1, 0.15) is 5.76 Å². The Labute approximate surface area is 136 Å². The summed E-state index contributed by atoms with van der Waals surface area (Å²) in [5.74, 6) is 0.897. The molecule has 1 aromatic carbocycles. The van der Waals surface area contributed by atoms with Crippen molar-refractivity contribution in [2.45, 2.75) is 26.4 Å². The Balaban J connectivity index is 1.97. The molecule has 0 saturated heterocycles. The molecule has 0 aliphatic rings. The number of furan rings is 1. The van der Waals surface area contributed by atoms with Crippen LogP contribution in [0.15, 0.2) is 47.1 Å². The number of hydrogen-bond donors (Lipinski definition) is 2. The van der Waals surface area contributed by atoms with Gasteiger partial charge in [-0.2, -0.15) is 0 Å². The number of nitrogens with two attached hydrogens (primary N) is 1. The second kappa shape index (κ2) is 8.50. The molecular weight excluding hydrogens is 292 g/mol. The third kappa shape index (κ3) is 5.54. The van der Waals surface area contributed by atoms with Gasteiger partial charge < -0.3 is 20.2 Å². The van der Waals surface area contributed by atoms with Crippen LogP contribution in [-0.4, -0.2) is 19.1 Å². The van der Waals surface area contributed by atoms with E-state index < -0.39 is 5.91 Å². The van der Waals surface area contributed by atoms with Crippen LogP contribution in [0.2, 0.25) is 0 Å². The summed E-state index contributed by atoms with van der Waals surface area (Å²) in [6.45, 7) is 6.06. The van der Waals surface area contributed by atoms with Crippen molar-refractivity contribution in [3.8, 4) is 0 Å². The molecule has 0 radical (unpaired) electrons. The van der Waals surface area contributed by atoms with Crippen LogP contribution in [0, 0.1) is 5.92 Å². The molecular formula is C18H24N2O3. The lowest BCUT2D eigenvalue weighted by atomic mass is 10.1. The molecule has 0 spiro atoms. The van der Waals surface area contributed by atoms with Crippen molar-refractivity contribution in [2.75, 3.05) is 13.2 Å². The van der Waals surface area contributed by atoms with Gasteiger partial charge in [-0.1, -0.05) is 26.0 Å². The van der Waals surface area contributed by atoms with E-state index in [0.29, 0.717) is 31.2 Å². The standard InChI is InChI=1S/C18H24N2O3/c1-13(2)11-22-12-16(17-7-4-8-23-17)20-10-14-5-3-6-15(9-14)18(19)21/h3-9,13,16,20H,10-12H2,1-2H3,(H2,19,21). The molecule has 0 fully saturated rings. The van der Waals surface area contributed by atoms with E-state index in [4.69, 9.17) is 14.9 Å². The maximum absolute atomic E-state index is 11.3. The fourth-order valence-corrected chi connectivity index (χ4v) is 2.23. The molecule has 0 saturated carbocycles. The molecule has 5 nitrogen and oxygen atoms in total. The van der Waals surface area contributed by atoms with Crippen LogP contribution in [0.1, 0.15) is 41.6 Å². The summed E-state index contributed by atoms with van der Waals surface area (Å²) in [5, 5.41) is 3.41.